The molecule has 0 aliphatic carbocycles. The summed E-state index contributed by atoms with van der Waals surface area (Å²) in [6, 6.07) is 13.9. The van der Waals surface area contributed by atoms with Crippen LogP contribution in [0.1, 0.15) is 38.2 Å². The standard InChI is InChI=1S/C26H32FN3O4/c1-17(16-33-12-11-28-25(32)34-26(2,3)4)15-29-24(31)23-14-20-6-5-19(13-22(20)30-23)18-7-9-21(27)10-8-18/h5-10,13-14,17,30H,11-12,15-16H2,1-4H3,(H,28,32)(H,29,31)/t17-/m1/s1. The fraction of sp³-hybridized carbons (Fsp3) is 0.385. The lowest BCUT2D eigenvalue weighted by molar-refractivity contribution is 0.0486. The summed E-state index contributed by atoms with van der Waals surface area (Å²) < 4.78 is 23.9. The van der Waals surface area contributed by atoms with E-state index in [0.29, 0.717) is 32.0 Å². The Bertz CT molecular complexity index is 1120. The molecule has 0 saturated carbocycles. The Morgan fingerprint density at radius 2 is 1.74 bits per heavy atom. The van der Waals surface area contributed by atoms with Crippen molar-refractivity contribution in [1.82, 2.24) is 15.6 Å². The van der Waals surface area contributed by atoms with Gasteiger partial charge in [0.15, 0.2) is 0 Å². The van der Waals surface area contributed by atoms with Crippen LogP contribution < -0.4 is 10.6 Å². The van der Waals surface area contributed by atoms with Crippen LogP contribution in [0.4, 0.5) is 9.18 Å². The molecule has 34 heavy (non-hydrogen) atoms. The van der Waals surface area contributed by atoms with Gasteiger partial charge in [-0.05, 0) is 62.1 Å². The molecule has 3 N–H and O–H groups in total. The maximum Gasteiger partial charge on any atom is 0.407 e. The minimum atomic E-state index is -0.534. The number of H-pyrrole nitrogens is 1. The zero-order valence-corrected chi connectivity index (χ0v) is 20.0. The summed E-state index contributed by atoms with van der Waals surface area (Å²) in [5, 5.41) is 6.47. The van der Waals surface area contributed by atoms with Crippen LogP contribution in [0.5, 0.6) is 0 Å². The van der Waals surface area contributed by atoms with Gasteiger partial charge < -0.3 is 25.1 Å². The third kappa shape index (κ3) is 7.59. The number of benzene rings is 2. The van der Waals surface area contributed by atoms with Crippen molar-refractivity contribution in [3.63, 3.8) is 0 Å². The molecule has 0 aliphatic rings. The van der Waals surface area contributed by atoms with Crippen LogP contribution in [-0.4, -0.2) is 48.9 Å². The van der Waals surface area contributed by atoms with Crippen molar-refractivity contribution in [2.75, 3.05) is 26.3 Å². The first-order valence-corrected chi connectivity index (χ1v) is 11.3. The topological polar surface area (TPSA) is 92.5 Å². The van der Waals surface area contributed by atoms with Gasteiger partial charge in [0.05, 0.1) is 13.2 Å². The lowest BCUT2D eigenvalue weighted by atomic mass is 10.0. The highest BCUT2D eigenvalue weighted by Gasteiger charge is 2.15. The Kier molecular flexibility index (Phi) is 8.28. The zero-order valence-electron chi connectivity index (χ0n) is 20.0. The number of aromatic nitrogens is 1. The third-order valence-corrected chi connectivity index (χ3v) is 4.97. The van der Waals surface area contributed by atoms with Crippen molar-refractivity contribution in [3.05, 3.63) is 60.0 Å². The van der Waals surface area contributed by atoms with Gasteiger partial charge in [0.2, 0.25) is 0 Å². The van der Waals surface area contributed by atoms with Gasteiger partial charge in [-0.25, -0.2) is 9.18 Å². The summed E-state index contributed by atoms with van der Waals surface area (Å²) in [6.07, 6.45) is -0.473. The number of alkyl carbamates (subject to hydrolysis) is 1. The number of aromatic amines is 1. The monoisotopic (exact) mass is 469 g/mol. The number of carbonyl (C=O) groups excluding carboxylic acids is 2. The number of hydrogen-bond donors (Lipinski definition) is 3. The molecule has 0 aliphatic heterocycles. The number of halogens is 1. The van der Waals surface area contributed by atoms with Gasteiger partial charge in [0, 0.05) is 24.0 Å². The van der Waals surface area contributed by atoms with Gasteiger partial charge in [0.25, 0.3) is 5.91 Å². The van der Waals surface area contributed by atoms with Gasteiger partial charge in [0.1, 0.15) is 17.1 Å². The van der Waals surface area contributed by atoms with Gasteiger partial charge >= 0.3 is 6.09 Å². The van der Waals surface area contributed by atoms with Crippen molar-refractivity contribution in [1.29, 1.82) is 0 Å². The molecule has 0 radical (unpaired) electrons. The summed E-state index contributed by atoms with van der Waals surface area (Å²) in [5.41, 5.74) is 2.61. The minimum absolute atomic E-state index is 0.0972. The van der Waals surface area contributed by atoms with Gasteiger partial charge in [-0.15, -0.1) is 0 Å². The van der Waals surface area contributed by atoms with Crippen molar-refractivity contribution in [3.8, 4) is 11.1 Å². The lowest BCUT2D eigenvalue weighted by Crippen LogP contribution is -2.35. The predicted molar refractivity (Wildman–Crippen MR) is 130 cm³/mol. The number of amides is 2. The molecule has 8 heteroatoms. The second-order valence-electron chi connectivity index (χ2n) is 9.31. The Balaban J connectivity index is 1.43. The number of ether oxygens (including phenoxy) is 2. The molecule has 1 heterocycles. The van der Waals surface area contributed by atoms with Crippen LogP contribution in [-0.2, 0) is 9.47 Å². The van der Waals surface area contributed by atoms with Crippen molar-refractivity contribution >= 4 is 22.9 Å². The maximum atomic E-state index is 13.2. The average Bonchev–Trinajstić information content (AvgIpc) is 3.20. The molecule has 0 unspecified atom stereocenters. The highest BCUT2D eigenvalue weighted by atomic mass is 19.1. The second kappa shape index (κ2) is 11.2. The summed E-state index contributed by atoms with van der Waals surface area (Å²) >= 11 is 0. The highest BCUT2D eigenvalue weighted by molar-refractivity contribution is 5.98. The Hall–Kier alpha value is -3.39. The van der Waals surface area contributed by atoms with E-state index in [1.165, 1.54) is 12.1 Å². The van der Waals surface area contributed by atoms with Crippen LogP contribution in [0, 0.1) is 11.7 Å². The molecule has 1 atom stereocenters. The molecule has 182 valence electrons. The largest absolute Gasteiger partial charge is 0.444 e. The molecule has 3 rings (SSSR count). The number of carbonyl (C=O) groups is 2. The van der Waals surface area contributed by atoms with Crippen molar-refractivity contribution < 1.29 is 23.5 Å². The molecule has 0 spiro atoms. The van der Waals surface area contributed by atoms with Gasteiger partial charge in [-0.1, -0.05) is 31.2 Å². The third-order valence-electron chi connectivity index (χ3n) is 4.97. The van der Waals surface area contributed by atoms with E-state index in [-0.39, 0.29) is 17.6 Å². The Morgan fingerprint density at radius 1 is 1.03 bits per heavy atom. The highest BCUT2D eigenvalue weighted by Crippen LogP contribution is 2.25. The maximum absolute atomic E-state index is 13.2. The zero-order chi connectivity index (χ0) is 24.7. The summed E-state index contributed by atoms with van der Waals surface area (Å²) in [7, 11) is 0. The van der Waals surface area contributed by atoms with Gasteiger partial charge in [-0.2, -0.15) is 0 Å². The molecule has 2 amide bonds. The normalized spacial score (nSPS) is 12.4. The van der Waals surface area contributed by atoms with E-state index in [9.17, 15) is 14.0 Å². The molecule has 0 fully saturated rings. The van der Waals surface area contributed by atoms with E-state index < -0.39 is 11.7 Å². The summed E-state index contributed by atoms with van der Waals surface area (Å²) in [5.74, 6) is -0.376. The number of hydrogen-bond acceptors (Lipinski definition) is 4. The SMILES string of the molecule is C[C@H](CNC(=O)c1cc2ccc(-c3ccc(F)cc3)cc2[nH]1)COCCNC(=O)OC(C)(C)C. The second-order valence-corrected chi connectivity index (χ2v) is 9.31. The fourth-order valence-electron chi connectivity index (χ4n) is 3.32. The molecule has 7 nitrogen and oxygen atoms in total. The van der Waals surface area contributed by atoms with E-state index in [2.05, 4.69) is 15.6 Å². The molecule has 0 saturated heterocycles. The van der Waals surface area contributed by atoms with Crippen LogP contribution in [0.3, 0.4) is 0 Å². The number of rotatable bonds is 9. The molecule has 0 bridgehead atoms. The van der Waals surface area contributed by atoms with E-state index in [1.54, 1.807) is 32.9 Å². The van der Waals surface area contributed by atoms with E-state index in [0.717, 1.165) is 22.0 Å². The summed E-state index contributed by atoms with van der Waals surface area (Å²) in [6.45, 7) is 9.00. The molecule has 1 aromatic heterocycles. The smallest absolute Gasteiger partial charge is 0.407 e. The van der Waals surface area contributed by atoms with E-state index >= 15 is 0 Å². The lowest BCUT2D eigenvalue weighted by Gasteiger charge is -2.19. The molecule has 2 aromatic carbocycles. The van der Waals surface area contributed by atoms with E-state index in [1.807, 2.05) is 31.2 Å². The van der Waals surface area contributed by atoms with Crippen LogP contribution >= 0.6 is 0 Å². The molecular formula is C26H32FN3O4. The van der Waals surface area contributed by atoms with Crippen molar-refractivity contribution in [2.24, 2.45) is 5.92 Å². The number of nitrogens with one attached hydrogen (secondary N) is 3. The fourth-order valence-corrected chi connectivity index (χ4v) is 3.32. The molecular weight excluding hydrogens is 437 g/mol. The Labute approximate surface area is 199 Å². The first-order valence-electron chi connectivity index (χ1n) is 11.3. The minimum Gasteiger partial charge on any atom is -0.444 e. The quantitative estimate of drug-likeness (QED) is 0.390. The van der Waals surface area contributed by atoms with E-state index in [4.69, 9.17) is 9.47 Å². The van der Waals surface area contributed by atoms with Crippen LogP contribution in [0.15, 0.2) is 48.5 Å². The van der Waals surface area contributed by atoms with Crippen LogP contribution in [0.2, 0.25) is 0 Å². The average molecular weight is 470 g/mol. The predicted octanol–water partition coefficient (Wildman–Crippen LogP) is 4.88. The summed E-state index contributed by atoms with van der Waals surface area (Å²) in [4.78, 5) is 27.3. The van der Waals surface area contributed by atoms with Gasteiger partial charge in [-0.3, -0.25) is 4.79 Å². The number of fused-ring (bicyclic) bond motifs is 1. The molecule has 3 aromatic rings. The Morgan fingerprint density at radius 3 is 2.44 bits per heavy atom. The van der Waals surface area contributed by atoms with Crippen LogP contribution in [0.25, 0.3) is 22.0 Å². The first-order chi connectivity index (χ1) is 16.1. The van der Waals surface area contributed by atoms with Crippen molar-refractivity contribution in [2.45, 2.75) is 33.3 Å². The first kappa shape index (κ1) is 25.2.